The minimum Gasteiger partial charge on any atom is -0.481 e. The van der Waals surface area contributed by atoms with Crippen LogP contribution in [-0.2, 0) is 4.79 Å². The van der Waals surface area contributed by atoms with Gasteiger partial charge in [0.1, 0.15) is 11.1 Å². The van der Waals surface area contributed by atoms with E-state index in [0.29, 0.717) is 42.3 Å². The van der Waals surface area contributed by atoms with Crippen LogP contribution in [0.5, 0.6) is 5.88 Å². The number of carboxylic acids is 1. The third kappa shape index (κ3) is 4.80. The zero-order valence-corrected chi connectivity index (χ0v) is 16.8. The molecular formula is C21H20N4O4S. The van der Waals surface area contributed by atoms with Crippen molar-refractivity contribution in [3.8, 4) is 16.5 Å². The number of carboxylic acid groups (broad SMARTS) is 1. The van der Waals surface area contributed by atoms with E-state index in [1.165, 1.54) is 17.5 Å². The first-order valence-electron chi connectivity index (χ1n) is 9.64. The normalized spacial score (nSPS) is 18.5. The Kier molecular flexibility index (Phi) is 5.99. The zero-order chi connectivity index (χ0) is 20.9. The molecule has 2 aromatic heterocycles. The summed E-state index contributed by atoms with van der Waals surface area (Å²) in [5, 5.41) is 21.1. The standard InChI is InChI=1S/C21H20N4O4S/c26-18(23-21-25-24-19(30-21)13-4-2-1-3-5-13)15-8-11-17(22-12-15)29-16-9-6-14(7-10-16)20(27)28/h1-5,8,11-12,14,16H,6-7,9-10H2,(H,27,28)(H,23,25,26)/t14-,16+. The highest BCUT2D eigenvalue weighted by Crippen LogP contribution is 2.28. The Bertz CT molecular complexity index is 1020. The second kappa shape index (κ2) is 9.00. The highest BCUT2D eigenvalue weighted by Gasteiger charge is 2.27. The van der Waals surface area contributed by atoms with Crippen molar-refractivity contribution in [2.24, 2.45) is 5.92 Å². The Labute approximate surface area is 177 Å². The van der Waals surface area contributed by atoms with E-state index in [9.17, 15) is 9.59 Å². The molecule has 154 valence electrons. The fraction of sp³-hybridized carbons (Fsp3) is 0.286. The predicted molar refractivity (Wildman–Crippen MR) is 112 cm³/mol. The molecular weight excluding hydrogens is 404 g/mol. The Morgan fingerprint density at radius 1 is 1.03 bits per heavy atom. The first kappa shape index (κ1) is 20.0. The van der Waals surface area contributed by atoms with Gasteiger partial charge in [0.2, 0.25) is 11.0 Å². The van der Waals surface area contributed by atoms with Gasteiger partial charge in [-0.3, -0.25) is 14.9 Å². The number of pyridine rings is 1. The lowest BCUT2D eigenvalue weighted by atomic mass is 9.87. The van der Waals surface area contributed by atoms with Crippen molar-refractivity contribution < 1.29 is 19.4 Å². The van der Waals surface area contributed by atoms with E-state index in [1.54, 1.807) is 12.1 Å². The lowest BCUT2D eigenvalue weighted by Crippen LogP contribution is -2.28. The number of carbonyl (C=O) groups excluding carboxylic acids is 1. The van der Waals surface area contributed by atoms with Gasteiger partial charge in [-0.15, -0.1) is 10.2 Å². The number of nitrogens with zero attached hydrogens (tertiary/aromatic N) is 3. The number of hydrogen-bond donors (Lipinski definition) is 2. The number of ether oxygens (including phenoxy) is 1. The third-order valence-corrected chi connectivity index (χ3v) is 5.86. The molecule has 0 radical (unpaired) electrons. The summed E-state index contributed by atoms with van der Waals surface area (Å²) in [6.07, 6.45) is 3.97. The largest absolute Gasteiger partial charge is 0.481 e. The molecule has 30 heavy (non-hydrogen) atoms. The lowest BCUT2D eigenvalue weighted by Gasteiger charge is -2.26. The van der Waals surface area contributed by atoms with Crippen LogP contribution in [0.15, 0.2) is 48.7 Å². The third-order valence-electron chi connectivity index (χ3n) is 4.98. The smallest absolute Gasteiger partial charge is 0.306 e. The van der Waals surface area contributed by atoms with Gasteiger partial charge in [-0.05, 0) is 31.7 Å². The minimum absolute atomic E-state index is 0.0504. The summed E-state index contributed by atoms with van der Waals surface area (Å²) in [6, 6.07) is 12.9. The van der Waals surface area contributed by atoms with E-state index in [2.05, 4.69) is 20.5 Å². The van der Waals surface area contributed by atoms with Gasteiger partial charge in [-0.2, -0.15) is 0 Å². The van der Waals surface area contributed by atoms with Gasteiger partial charge < -0.3 is 9.84 Å². The zero-order valence-electron chi connectivity index (χ0n) is 16.0. The van der Waals surface area contributed by atoms with Gasteiger partial charge in [0, 0.05) is 17.8 Å². The topological polar surface area (TPSA) is 114 Å². The number of aromatic nitrogens is 3. The molecule has 0 bridgehead atoms. The molecule has 9 heteroatoms. The first-order valence-corrected chi connectivity index (χ1v) is 10.5. The van der Waals surface area contributed by atoms with E-state index in [-0.39, 0.29) is 17.9 Å². The summed E-state index contributed by atoms with van der Waals surface area (Å²) >= 11 is 1.30. The molecule has 1 amide bonds. The number of amides is 1. The Morgan fingerprint density at radius 2 is 1.80 bits per heavy atom. The molecule has 8 nitrogen and oxygen atoms in total. The number of nitrogens with one attached hydrogen (secondary N) is 1. The van der Waals surface area contributed by atoms with Crippen LogP contribution in [0.1, 0.15) is 36.0 Å². The summed E-state index contributed by atoms with van der Waals surface area (Å²) in [4.78, 5) is 27.7. The van der Waals surface area contributed by atoms with Gasteiger partial charge in [-0.25, -0.2) is 4.98 Å². The number of carbonyl (C=O) groups is 2. The maximum Gasteiger partial charge on any atom is 0.306 e. The molecule has 0 spiro atoms. The van der Waals surface area contributed by atoms with Crippen molar-refractivity contribution in [2.75, 3.05) is 5.32 Å². The van der Waals surface area contributed by atoms with Crippen molar-refractivity contribution in [1.82, 2.24) is 15.2 Å². The molecule has 0 saturated heterocycles. The molecule has 1 aliphatic rings. The van der Waals surface area contributed by atoms with E-state index in [1.807, 2.05) is 30.3 Å². The van der Waals surface area contributed by atoms with Crippen molar-refractivity contribution >= 4 is 28.3 Å². The number of benzene rings is 1. The van der Waals surface area contributed by atoms with Crippen molar-refractivity contribution in [3.05, 3.63) is 54.2 Å². The summed E-state index contributed by atoms with van der Waals surface area (Å²) in [5.74, 6) is -0.931. The van der Waals surface area contributed by atoms with Crippen LogP contribution in [0.25, 0.3) is 10.6 Å². The molecule has 4 rings (SSSR count). The van der Waals surface area contributed by atoms with Crippen LogP contribution in [0.2, 0.25) is 0 Å². The second-order valence-corrected chi connectivity index (χ2v) is 8.02. The Hall–Kier alpha value is -3.33. The molecule has 1 saturated carbocycles. The second-order valence-electron chi connectivity index (χ2n) is 7.05. The van der Waals surface area contributed by atoms with Gasteiger partial charge >= 0.3 is 5.97 Å². The summed E-state index contributed by atoms with van der Waals surface area (Å²) in [5.41, 5.74) is 1.32. The Balaban J connectivity index is 1.32. The van der Waals surface area contributed by atoms with E-state index in [0.717, 1.165) is 10.6 Å². The Morgan fingerprint density at radius 3 is 2.47 bits per heavy atom. The summed E-state index contributed by atoms with van der Waals surface area (Å²) in [7, 11) is 0. The van der Waals surface area contributed by atoms with Gasteiger partial charge in [-0.1, -0.05) is 41.7 Å². The fourth-order valence-electron chi connectivity index (χ4n) is 3.32. The molecule has 0 unspecified atom stereocenters. The molecule has 0 atom stereocenters. The summed E-state index contributed by atoms with van der Waals surface area (Å²) in [6.45, 7) is 0. The fourth-order valence-corrected chi connectivity index (χ4v) is 4.07. The maximum absolute atomic E-state index is 12.5. The van der Waals surface area contributed by atoms with Crippen molar-refractivity contribution in [3.63, 3.8) is 0 Å². The van der Waals surface area contributed by atoms with Gasteiger partial charge in [0.25, 0.3) is 5.91 Å². The molecule has 1 aliphatic carbocycles. The average Bonchev–Trinajstić information content (AvgIpc) is 3.24. The van der Waals surface area contributed by atoms with Crippen molar-refractivity contribution in [1.29, 1.82) is 0 Å². The number of rotatable bonds is 6. The molecule has 2 heterocycles. The van der Waals surface area contributed by atoms with Crippen molar-refractivity contribution in [2.45, 2.75) is 31.8 Å². The van der Waals surface area contributed by atoms with E-state index >= 15 is 0 Å². The average molecular weight is 424 g/mol. The minimum atomic E-state index is -0.742. The SMILES string of the molecule is O=C(Nc1nnc(-c2ccccc2)s1)c1ccc(O[C@H]2CC[C@@H](C(=O)O)CC2)nc1. The highest BCUT2D eigenvalue weighted by molar-refractivity contribution is 7.18. The van der Waals surface area contributed by atoms with Crippen LogP contribution in [0, 0.1) is 5.92 Å². The van der Waals surface area contributed by atoms with Crippen LogP contribution in [0.4, 0.5) is 5.13 Å². The monoisotopic (exact) mass is 424 g/mol. The van der Waals surface area contributed by atoms with E-state index < -0.39 is 5.97 Å². The van der Waals surface area contributed by atoms with Gasteiger partial charge in [0.15, 0.2) is 0 Å². The maximum atomic E-state index is 12.5. The predicted octanol–water partition coefficient (Wildman–Crippen LogP) is 3.87. The van der Waals surface area contributed by atoms with Crippen LogP contribution in [0.3, 0.4) is 0 Å². The first-order chi connectivity index (χ1) is 14.6. The highest BCUT2D eigenvalue weighted by atomic mass is 32.1. The molecule has 0 aliphatic heterocycles. The number of aliphatic carboxylic acids is 1. The van der Waals surface area contributed by atoms with Crippen LogP contribution in [-0.4, -0.2) is 38.3 Å². The molecule has 3 aromatic rings. The van der Waals surface area contributed by atoms with Gasteiger partial charge in [0.05, 0.1) is 11.5 Å². The number of hydrogen-bond acceptors (Lipinski definition) is 7. The van der Waals surface area contributed by atoms with E-state index in [4.69, 9.17) is 9.84 Å². The summed E-state index contributed by atoms with van der Waals surface area (Å²) < 4.78 is 5.83. The quantitative estimate of drug-likeness (QED) is 0.617. The molecule has 1 fully saturated rings. The van der Waals surface area contributed by atoms with Crippen LogP contribution >= 0.6 is 11.3 Å². The molecule has 2 N–H and O–H groups in total. The van der Waals surface area contributed by atoms with Crippen LogP contribution < -0.4 is 10.1 Å². The lowest BCUT2D eigenvalue weighted by molar-refractivity contribution is -0.143. The number of anilines is 1. The molecule has 1 aromatic carbocycles.